The van der Waals surface area contributed by atoms with E-state index in [-0.39, 0.29) is 12.5 Å². The lowest BCUT2D eigenvalue weighted by molar-refractivity contribution is -0.116. The first-order chi connectivity index (χ1) is 11.1. The molecule has 3 rings (SSSR count). The molecule has 2 aromatic carbocycles. The molecule has 0 aliphatic carbocycles. The van der Waals surface area contributed by atoms with Crippen LogP contribution in [0.3, 0.4) is 0 Å². The fraction of sp³-hybridized carbons (Fsp3) is 0.111. The molecular weight excluding hydrogens is 356 g/mol. The van der Waals surface area contributed by atoms with Gasteiger partial charge in [0.1, 0.15) is 6.54 Å². The van der Waals surface area contributed by atoms with Gasteiger partial charge in [-0.05, 0) is 36.8 Å². The summed E-state index contributed by atoms with van der Waals surface area (Å²) in [7, 11) is 0. The molecule has 23 heavy (non-hydrogen) atoms. The average molecular weight is 371 g/mol. The van der Waals surface area contributed by atoms with Crippen molar-refractivity contribution < 1.29 is 9.59 Å². The van der Waals surface area contributed by atoms with Crippen LogP contribution in [-0.4, -0.2) is 16.8 Å². The zero-order chi connectivity index (χ0) is 16.4. The molecular formula is C18H15BrN2O2. The Bertz CT molecular complexity index is 899. The second-order valence-electron chi connectivity index (χ2n) is 5.35. The highest BCUT2D eigenvalue weighted by Crippen LogP contribution is 2.22. The largest absolute Gasteiger partial charge is 0.337 e. The van der Waals surface area contributed by atoms with Gasteiger partial charge in [0, 0.05) is 32.8 Å². The second kappa shape index (κ2) is 6.38. The Morgan fingerprint density at radius 3 is 2.78 bits per heavy atom. The number of anilines is 1. The molecule has 0 unspecified atom stereocenters. The molecule has 5 heteroatoms. The molecule has 0 aliphatic rings. The van der Waals surface area contributed by atoms with Gasteiger partial charge in [-0.2, -0.15) is 0 Å². The molecule has 0 saturated carbocycles. The third kappa shape index (κ3) is 3.19. The van der Waals surface area contributed by atoms with Gasteiger partial charge in [-0.25, -0.2) is 0 Å². The smallest absolute Gasteiger partial charge is 0.244 e. The van der Waals surface area contributed by atoms with Crippen molar-refractivity contribution in [3.8, 4) is 0 Å². The zero-order valence-electron chi connectivity index (χ0n) is 12.5. The number of nitrogens with zero attached hydrogens (tertiary/aromatic N) is 1. The maximum Gasteiger partial charge on any atom is 0.244 e. The van der Waals surface area contributed by atoms with Crippen molar-refractivity contribution in [2.24, 2.45) is 0 Å². The van der Waals surface area contributed by atoms with E-state index in [1.165, 1.54) is 0 Å². The van der Waals surface area contributed by atoms with E-state index >= 15 is 0 Å². The Labute approximate surface area is 142 Å². The molecule has 0 fully saturated rings. The number of fused-ring (bicyclic) bond motifs is 1. The number of aryl methyl sites for hydroxylation is 1. The number of aldehydes is 1. The molecule has 1 N–H and O–H groups in total. The van der Waals surface area contributed by atoms with Crippen LogP contribution in [0, 0.1) is 6.92 Å². The van der Waals surface area contributed by atoms with E-state index in [9.17, 15) is 9.59 Å². The molecule has 0 saturated heterocycles. The predicted molar refractivity (Wildman–Crippen MR) is 94.8 cm³/mol. The average Bonchev–Trinajstić information content (AvgIpc) is 2.88. The van der Waals surface area contributed by atoms with Crippen LogP contribution < -0.4 is 5.32 Å². The number of hydrogen-bond acceptors (Lipinski definition) is 2. The molecule has 0 bridgehead atoms. The first-order valence-corrected chi connectivity index (χ1v) is 7.97. The Balaban J connectivity index is 1.84. The molecule has 0 radical (unpaired) electrons. The molecule has 1 aromatic heterocycles. The third-order valence-electron chi connectivity index (χ3n) is 3.72. The summed E-state index contributed by atoms with van der Waals surface area (Å²) in [5.74, 6) is -0.131. The van der Waals surface area contributed by atoms with E-state index in [1.807, 2.05) is 49.4 Å². The number of carbonyl (C=O) groups is 2. The molecule has 4 nitrogen and oxygen atoms in total. The highest BCUT2D eigenvalue weighted by Gasteiger charge is 2.11. The summed E-state index contributed by atoms with van der Waals surface area (Å²) in [6.45, 7) is 2.10. The van der Waals surface area contributed by atoms with Gasteiger partial charge in [0.05, 0.1) is 0 Å². The van der Waals surface area contributed by atoms with E-state index in [1.54, 1.807) is 10.8 Å². The zero-order valence-corrected chi connectivity index (χ0v) is 14.1. The fourth-order valence-corrected chi connectivity index (χ4v) is 3.09. The van der Waals surface area contributed by atoms with E-state index in [0.717, 1.165) is 32.9 Å². The number of halogens is 1. The van der Waals surface area contributed by atoms with Crippen LogP contribution in [0.4, 0.5) is 5.69 Å². The van der Waals surface area contributed by atoms with Gasteiger partial charge in [-0.3, -0.25) is 9.59 Å². The first-order valence-electron chi connectivity index (χ1n) is 7.17. The summed E-state index contributed by atoms with van der Waals surface area (Å²) in [4.78, 5) is 23.5. The number of rotatable bonds is 4. The Morgan fingerprint density at radius 2 is 2.04 bits per heavy atom. The normalized spacial score (nSPS) is 10.7. The minimum absolute atomic E-state index is 0.131. The Kier molecular flexibility index (Phi) is 4.30. The van der Waals surface area contributed by atoms with Crippen LogP contribution in [-0.2, 0) is 11.3 Å². The van der Waals surface area contributed by atoms with E-state index in [0.29, 0.717) is 5.56 Å². The van der Waals surface area contributed by atoms with Crippen molar-refractivity contribution >= 4 is 44.7 Å². The van der Waals surface area contributed by atoms with Crippen molar-refractivity contribution in [1.82, 2.24) is 4.57 Å². The number of hydrogen-bond donors (Lipinski definition) is 1. The van der Waals surface area contributed by atoms with Crippen molar-refractivity contribution in [1.29, 1.82) is 0 Å². The molecule has 3 aromatic rings. The first kappa shape index (κ1) is 15.5. The molecule has 1 heterocycles. The molecule has 0 aliphatic heterocycles. The number of carbonyl (C=O) groups excluding carboxylic acids is 2. The van der Waals surface area contributed by atoms with Crippen LogP contribution in [0.25, 0.3) is 10.9 Å². The summed E-state index contributed by atoms with van der Waals surface area (Å²) in [6, 6.07) is 13.3. The summed E-state index contributed by atoms with van der Waals surface area (Å²) >= 11 is 3.40. The lowest BCUT2D eigenvalue weighted by Crippen LogP contribution is -2.18. The van der Waals surface area contributed by atoms with Crippen molar-refractivity contribution in [2.45, 2.75) is 13.5 Å². The number of nitrogens with one attached hydrogen (secondary N) is 1. The Hall–Kier alpha value is -2.40. The van der Waals surface area contributed by atoms with Gasteiger partial charge in [0.2, 0.25) is 5.91 Å². The van der Waals surface area contributed by atoms with Crippen molar-refractivity contribution in [2.75, 3.05) is 5.32 Å². The maximum absolute atomic E-state index is 12.3. The predicted octanol–water partition coefficient (Wildman–Crippen LogP) is 4.16. The summed E-state index contributed by atoms with van der Waals surface area (Å²) < 4.78 is 2.77. The minimum atomic E-state index is -0.131. The maximum atomic E-state index is 12.3. The monoisotopic (exact) mass is 370 g/mol. The summed E-state index contributed by atoms with van der Waals surface area (Å²) in [6.07, 6.45) is 2.53. The minimum Gasteiger partial charge on any atom is -0.337 e. The number of benzene rings is 2. The van der Waals surface area contributed by atoms with Gasteiger partial charge in [0.25, 0.3) is 0 Å². The molecule has 0 spiro atoms. The van der Waals surface area contributed by atoms with Crippen molar-refractivity contribution in [3.05, 3.63) is 64.3 Å². The van der Waals surface area contributed by atoms with Gasteiger partial charge in [-0.1, -0.05) is 34.1 Å². The quantitative estimate of drug-likeness (QED) is 0.700. The fourth-order valence-electron chi connectivity index (χ4n) is 2.61. The van der Waals surface area contributed by atoms with Crippen LogP contribution in [0.5, 0.6) is 0 Å². The van der Waals surface area contributed by atoms with Gasteiger partial charge >= 0.3 is 0 Å². The summed E-state index contributed by atoms with van der Waals surface area (Å²) in [5, 5.41) is 3.77. The highest BCUT2D eigenvalue weighted by atomic mass is 79.9. The van der Waals surface area contributed by atoms with Crippen LogP contribution in [0.2, 0.25) is 0 Å². The number of para-hydroxylation sites is 1. The molecule has 116 valence electrons. The van der Waals surface area contributed by atoms with Crippen LogP contribution in [0.1, 0.15) is 15.9 Å². The topological polar surface area (TPSA) is 51.1 Å². The highest BCUT2D eigenvalue weighted by molar-refractivity contribution is 9.10. The lowest BCUT2D eigenvalue weighted by Gasteiger charge is -2.10. The second-order valence-corrected chi connectivity index (χ2v) is 6.27. The Morgan fingerprint density at radius 1 is 1.26 bits per heavy atom. The lowest BCUT2D eigenvalue weighted by atomic mass is 10.2. The molecule has 0 atom stereocenters. The third-order valence-corrected chi connectivity index (χ3v) is 4.22. The van der Waals surface area contributed by atoms with Gasteiger partial charge in [0.15, 0.2) is 6.29 Å². The summed E-state index contributed by atoms with van der Waals surface area (Å²) in [5.41, 5.74) is 3.23. The van der Waals surface area contributed by atoms with Crippen molar-refractivity contribution in [3.63, 3.8) is 0 Å². The van der Waals surface area contributed by atoms with E-state index < -0.39 is 0 Å². The van der Waals surface area contributed by atoms with Crippen LogP contribution in [0.15, 0.2) is 53.1 Å². The van der Waals surface area contributed by atoms with E-state index in [4.69, 9.17) is 0 Å². The standard InChI is InChI=1S/C18H15BrN2O2/c1-12-8-14(19)6-7-16(12)20-18(23)10-21-9-13(11-22)15-4-2-3-5-17(15)21/h2-9,11H,10H2,1H3,(H,20,23). The van der Waals surface area contributed by atoms with Crippen LogP contribution >= 0.6 is 15.9 Å². The number of aromatic nitrogens is 1. The van der Waals surface area contributed by atoms with E-state index in [2.05, 4.69) is 21.2 Å². The SMILES string of the molecule is Cc1cc(Br)ccc1NC(=O)Cn1cc(C=O)c2ccccc21. The molecule has 1 amide bonds. The van der Waals surface area contributed by atoms with Gasteiger partial charge < -0.3 is 9.88 Å². The number of amides is 1. The van der Waals surface area contributed by atoms with Gasteiger partial charge in [-0.15, -0.1) is 0 Å².